The highest BCUT2D eigenvalue weighted by atomic mass is 35.5. The monoisotopic (exact) mass is 400 g/mol. The second-order valence-electron chi connectivity index (χ2n) is 6.51. The Balaban J connectivity index is 1.59. The van der Waals surface area contributed by atoms with Crippen LogP contribution < -0.4 is 10.1 Å². The van der Waals surface area contributed by atoms with E-state index in [1.54, 1.807) is 12.1 Å². The lowest BCUT2D eigenvalue weighted by atomic mass is 10.0. The van der Waals surface area contributed by atoms with E-state index in [1.165, 1.54) is 7.11 Å². The number of carbonyl (C=O) groups is 2. The van der Waals surface area contributed by atoms with Crippen LogP contribution in [0.5, 0.6) is 5.75 Å². The van der Waals surface area contributed by atoms with E-state index in [0.29, 0.717) is 37.6 Å². The minimum atomic E-state index is -0.321. The highest BCUT2D eigenvalue weighted by Crippen LogP contribution is 2.34. The summed E-state index contributed by atoms with van der Waals surface area (Å²) < 4.78 is 10.7. The lowest BCUT2D eigenvalue weighted by molar-refractivity contribution is -0.142. The number of benzene rings is 1. The summed E-state index contributed by atoms with van der Waals surface area (Å²) >= 11 is 12.2. The zero-order valence-electron chi connectivity index (χ0n) is 14.6. The molecule has 0 saturated carbocycles. The quantitative estimate of drug-likeness (QED) is 0.843. The van der Waals surface area contributed by atoms with E-state index in [1.807, 2.05) is 4.90 Å². The van der Waals surface area contributed by atoms with Crippen molar-refractivity contribution in [1.29, 1.82) is 0 Å². The van der Waals surface area contributed by atoms with Gasteiger partial charge in [0.1, 0.15) is 11.7 Å². The fourth-order valence-electron chi connectivity index (χ4n) is 3.42. The third-order valence-electron chi connectivity index (χ3n) is 4.84. The highest BCUT2D eigenvalue weighted by Gasteiger charge is 2.31. The van der Waals surface area contributed by atoms with Crippen molar-refractivity contribution in [2.75, 3.05) is 26.8 Å². The fraction of sp³-hybridized carbons (Fsp3) is 0.556. The molecule has 1 aromatic rings. The van der Waals surface area contributed by atoms with Crippen LogP contribution in [0.25, 0.3) is 0 Å². The predicted octanol–water partition coefficient (Wildman–Crippen LogP) is 2.90. The number of methoxy groups -OCH3 is 1. The Labute approximate surface area is 162 Å². The fourth-order valence-corrected chi connectivity index (χ4v) is 3.89. The number of hydrogen-bond acceptors (Lipinski definition) is 4. The minimum Gasteiger partial charge on any atom is -0.494 e. The van der Waals surface area contributed by atoms with E-state index in [0.717, 1.165) is 12.8 Å². The average molecular weight is 401 g/mol. The van der Waals surface area contributed by atoms with Crippen LogP contribution in [0.1, 0.15) is 36.0 Å². The summed E-state index contributed by atoms with van der Waals surface area (Å²) in [5.41, 5.74) is 0.236. The van der Waals surface area contributed by atoms with Crippen LogP contribution >= 0.6 is 23.2 Å². The van der Waals surface area contributed by atoms with Gasteiger partial charge in [-0.1, -0.05) is 23.2 Å². The third-order valence-corrected chi connectivity index (χ3v) is 5.45. The van der Waals surface area contributed by atoms with Crippen LogP contribution in [0.2, 0.25) is 10.0 Å². The average Bonchev–Trinajstić information content (AvgIpc) is 3.18. The van der Waals surface area contributed by atoms with Gasteiger partial charge < -0.3 is 19.7 Å². The van der Waals surface area contributed by atoms with E-state index in [4.69, 9.17) is 32.7 Å². The van der Waals surface area contributed by atoms with Crippen molar-refractivity contribution in [3.63, 3.8) is 0 Å². The first-order valence-electron chi connectivity index (χ1n) is 8.74. The van der Waals surface area contributed by atoms with E-state index in [9.17, 15) is 9.59 Å². The van der Waals surface area contributed by atoms with Crippen LogP contribution in [-0.2, 0) is 9.53 Å². The molecule has 1 atom stereocenters. The summed E-state index contributed by atoms with van der Waals surface area (Å²) in [6, 6.07) is 3.13. The van der Waals surface area contributed by atoms with E-state index < -0.39 is 0 Å². The van der Waals surface area contributed by atoms with Crippen molar-refractivity contribution in [3.05, 3.63) is 27.7 Å². The molecule has 2 aliphatic heterocycles. The number of rotatable bonds is 4. The lowest BCUT2D eigenvalue weighted by Crippen LogP contribution is -2.49. The van der Waals surface area contributed by atoms with Crippen LogP contribution in [-0.4, -0.2) is 55.7 Å². The number of nitrogens with one attached hydrogen (secondary N) is 1. The lowest BCUT2D eigenvalue weighted by Gasteiger charge is -2.33. The first-order valence-corrected chi connectivity index (χ1v) is 9.50. The van der Waals surface area contributed by atoms with Gasteiger partial charge in [-0.2, -0.15) is 0 Å². The molecule has 0 aromatic heterocycles. The van der Waals surface area contributed by atoms with Gasteiger partial charge in [0.05, 0.1) is 17.2 Å². The van der Waals surface area contributed by atoms with Gasteiger partial charge in [0, 0.05) is 25.7 Å². The number of hydrogen-bond donors (Lipinski definition) is 1. The highest BCUT2D eigenvalue weighted by molar-refractivity contribution is 6.37. The molecule has 0 spiro atoms. The van der Waals surface area contributed by atoms with Gasteiger partial charge in [0.2, 0.25) is 0 Å². The molecule has 2 heterocycles. The molecule has 1 unspecified atom stereocenters. The zero-order valence-corrected chi connectivity index (χ0v) is 16.1. The smallest absolute Gasteiger partial charge is 0.256 e. The SMILES string of the molecule is COc1c(Cl)ccc(Cl)c1C(=O)NC1CCN(C(=O)C2CCCO2)CC1. The van der Waals surface area contributed by atoms with Crippen molar-refractivity contribution in [1.82, 2.24) is 10.2 Å². The number of nitrogens with zero attached hydrogens (tertiary/aromatic N) is 1. The van der Waals surface area contributed by atoms with Crippen LogP contribution in [0, 0.1) is 0 Å². The van der Waals surface area contributed by atoms with E-state index in [-0.39, 0.29) is 40.3 Å². The summed E-state index contributed by atoms with van der Waals surface area (Å²) in [4.78, 5) is 26.9. The molecule has 1 N–H and O–H groups in total. The second-order valence-corrected chi connectivity index (χ2v) is 7.33. The molecule has 6 nitrogen and oxygen atoms in total. The summed E-state index contributed by atoms with van der Waals surface area (Å²) in [6.45, 7) is 1.86. The molecular formula is C18H22Cl2N2O4. The Kier molecular flexibility index (Phi) is 6.27. The van der Waals surface area contributed by atoms with Gasteiger partial charge >= 0.3 is 0 Å². The molecule has 0 aliphatic carbocycles. The predicted molar refractivity (Wildman–Crippen MR) is 99.1 cm³/mol. The molecule has 0 radical (unpaired) electrons. The number of ether oxygens (including phenoxy) is 2. The maximum absolute atomic E-state index is 12.7. The van der Waals surface area contributed by atoms with Crippen LogP contribution in [0.3, 0.4) is 0 Å². The second kappa shape index (κ2) is 8.46. The standard InChI is InChI=1S/C18H22Cl2N2O4/c1-25-16-13(20)5-4-12(19)15(16)17(23)21-11-6-8-22(9-7-11)18(24)14-3-2-10-26-14/h4-5,11,14H,2-3,6-10H2,1H3,(H,21,23). The number of piperidine rings is 1. The summed E-state index contributed by atoms with van der Waals surface area (Å²) in [5.74, 6) is 0.00717. The van der Waals surface area contributed by atoms with Gasteiger partial charge in [0.25, 0.3) is 11.8 Å². The molecular weight excluding hydrogens is 379 g/mol. The zero-order chi connectivity index (χ0) is 18.7. The Morgan fingerprint density at radius 1 is 1.19 bits per heavy atom. The molecule has 142 valence electrons. The van der Waals surface area contributed by atoms with Gasteiger partial charge in [-0.15, -0.1) is 0 Å². The van der Waals surface area contributed by atoms with E-state index in [2.05, 4.69) is 5.32 Å². The Bertz CT molecular complexity index is 684. The van der Waals surface area contributed by atoms with Gasteiger partial charge in [-0.3, -0.25) is 9.59 Å². The van der Waals surface area contributed by atoms with Gasteiger partial charge in [-0.05, 0) is 37.8 Å². The molecule has 2 saturated heterocycles. The topological polar surface area (TPSA) is 67.9 Å². The van der Waals surface area contributed by atoms with Crippen LogP contribution in [0.4, 0.5) is 0 Å². The van der Waals surface area contributed by atoms with Crippen molar-refractivity contribution in [2.24, 2.45) is 0 Å². The number of likely N-dealkylation sites (tertiary alicyclic amines) is 1. The molecule has 3 rings (SSSR count). The summed E-state index contributed by atoms with van der Waals surface area (Å²) in [6.07, 6.45) is 2.80. The maximum atomic E-state index is 12.7. The molecule has 0 bridgehead atoms. The first-order chi connectivity index (χ1) is 12.5. The minimum absolute atomic E-state index is 0.0317. The molecule has 2 fully saturated rings. The normalized spacial score (nSPS) is 20.9. The van der Waals surface area contributed by atoms with Crippen molar-refractivity contribution < 1.29 is 19.1 Å². The first kappa shape index (κ1) is 19.3. The molecule has 8 heteroatoms. The molecule has 2 amide bonds. The summed E-state index contributed by atoms with van der Waals surface area (Å²) in [7, 11) is 1.45. The van der Waals surface area contributed by atoms with Crippen molar-refractivity contribution in [2.45, 2.75) is 37.8 Å². The largest absolute Gasteiger partial charge is 0.494 e. The molecule has 2 aliphatic rings. The van der Waals surface area contributed by atoms with Crippen molar-refractivity contribution in [3.8, 4) is 5.75 Å². The van der Waals surface area contributed by atoms with Gasteiger partial charge in [0.15, 0.2) is 5.75 Å². The summed E-state index contributed by atoms with van der Waals surface area (Å²) in [5, 5.41) is 3.59. The number of halogens is 2. The Hall–Kier alpha value is -1.50. The maximum Gasteiger partial charge on any atom is 0.256 e. The molecule has 1 aromatic carbocycles. The Morgan fingerprint density at radius 3 is 2.50 bits per heavy atom. The Morgan fingerprint density at radius 2 is 1.88 bits per heavy atom. The molecule has 26 heavy (non-hydrogen) atoms. The third kappa shape index (κ3) is 4.08. The van der Waals surface area contributed by atoms with Crippen molar-refractivity contribution >= 4 is 35.0 Å². The number of carbonyl (C=O) groups excluding carboxylic acids is 2. The number of amides is 2. The van der Waals surface area contributed by atoms with E-state index >= 15 is 0 Å². The van der Waals surface area contributed by atoms with Gasteiger partial charge in [-0.25, -0.2) is 0 Å². The van der Waals surface area contributed by atoms with Crippen LogP contribution in [0.15, 0.2) is 12.1 Å².